The van der Waals surface area contributed by atoms with Crippen LogP contribution in [0.15, 0.2) is 48.7 Å². The van der Waals surface area contributed by atoms with Gasteiger partial charge in [0.05, 0.1) is 6.54 Å². The van der Waals surface area contributed by atoms with Crippen molar-refractivity contribution in [3.8, 4) is 0 Å². The van der Waals surface area contributed by atoms with Gasteiger partial charge in [0.25, 0.3) is 5.91 Å². The van der Waals surface area contributed by atoms with Crippen LogP contribution in [-0.4, -0.2) is 45.3 Å². The molecule has 0 saturated carbocycles. The number of hydrogen-bond acceptors (Lipinski definition) is 2. The molecule has 0 aliphatic carbocycles. The van der Waals surface area contributed by atoms with Gasteiger partial charge in [0.15, 0.2) is 0 Å². The molecule has 1 aromatic carbocycles. The number of aryl methyl sites for hydroxylation is 1. The standard InChI is InChI=1S/C22H31N3O2/c1-17(2)14-24(15-20-12-9-13-23(20)5)21(26)16-25(18(3)4)22(27)19-10-7-6-8-11-19/h6-13,17-18H,14-16H2,1-5H3. The predicted octanol–water partition coefficient (Wildman–Crippen LogP) is 3.56. The Hall–Kier alpha value is -2.56. The van der Waals surface area contributed by atoms with E-state index in [9.17, 15) is 9.59 Å². The fraction of sp³-hybridized carbons (Fsp3) is 0.455. The van der Waals surface area contributed by atoms with Crippen LogP contribution in [0.3, 0.4) is 0 Å². The van der Waals surface area contributed by atoms with Crippen molar-refractivity contribution in [2.75, 3.05) is 13.1 Å². The first-order valence-electron chi connectivity index (χ1n) is 9.53. The molecule has 0 fully saturated rings. The van der Waals surface area contributed by atoms with Crippen molar-refractivity contribution in [1.29, 1.82) is 0 Å². The quantitative estimate of drug-likeness (QED) is 0.714. The molecule has 0 spiro atoms. The van der Waals surface area contributed by atoms with Crippen molar-refractivity contribution in [3.05, 3.63) is 59.9 Å². The summed E-state index contributed by atoms with van der Waals surface area (Å²) in [6.07, 6.45) is 1.98. The molecular weight excluding hydrogens is 338 g/mol. The highest BCUT2D eigenvalue weighted by Gasteiger charge is 2.25. The third-order valence-electron chi connectivity index (χ3n) is 4.55. The zero-order chi connectivity index (χ0) is 20.0. The van der Waals surface area contributed by atoms with E-state index >= 15 is 0 Å². The Morgan fingerprint density at radius 1 is 1.00 bits per heavy atom. The summed E-state index contributed by atoms with van der Waals surface area (Å²) in [5, 5.41) is 0. The van der Waals surface area contributed by atoms with Crippen molar-refractivity contribution < 1.29 is 9.59 Å². The van der Waals surface area contributed by atoms with Gasteiger partial charge in [-0.2, -0.15) is 0 Å². The van der Waals surface area contributed by atoms with Gasteiger partial charge in [-0.15, -0.1) is 0 Å². The average molecular weight is 370 g/mol. The number of aromatic nitrogens is 1. The number of carbonyl (C=O) groups excluding carboxylic acids is 2. The van der Waals surface area contributed by atoms with Crippen LogP contribution in [0.1, 0.15) is 43.7 Å². The molecule has 0 N–H and O–H groups in total. The van der Waals surface area contributed by atoms with Crippen LogP contribution < -0.4 is 0 Å². The van der Waals surface area contributed by atoms with Gasteiger partial charge in [-0.25, -0.2) is 0 Å². The zero-order valence-corrected chi connectivity index (χ0v) is 17.1. The summed E-state index contributed by atoms with van der Waals surface area (Å²) in [7, 11) is 1.98. The Morgan fingerprint density at radius 3 is 2.19 bits per heavy atom. The van der Waals surface area contributed by atoms with Gasteiger partial charge in [-0.05, 0) is 44.0 Å². The molecule has 2 aromatic rings. The first kappa shape index (κ1) is 20.7. The molecule has 0 aliphatic heterocycles. The minimum Gasteiger partial charge on any atom is -0.353 e. The van der Waals surface area contributed by atoms with E-state index in [2.05, 4.69) is 13.8 Å². The van der Waals surface area contributed by atoms with E-state index in [-0.39, 0.29) is 24.4 Å². The summed E-state index contributed by atoms with van der Waals surface area (Å²) < 4.78 is 2.02. The Labute approximate surface area is 162 Å². The summed E-state index contributed by atoms with van der Waals surface area (Å²) in [6.45, 7) is 9.38. The van der Waals surface area contributed by atoms with Crippen LogP contribution >= 0.6 is 0 Å². The molecule has 1 aromatic heterocycles. The van der Waals surface area contributed by atoms with E-state index in [0.717, 1.165) is 5.69 Å². The van der Waals surface area contributed by atoms with Gasteiger partial charge in [-0.3, -0.25) is 9.59 Å². The Balaban J connectivity index is 2.17. The van der Waals surface area contributed by atoms with Crippen molar-refractivity contribution in [1.82, 2.24) is 14.4 Å². The van der Waals surface area contributed by atoms with Crippen molar-refractivity contribution in [3.63, 3.8) is 0 Å². The molecule has 0 atom stereocenters. The van der Waals surface area contributed by atoms with Gasteiger partial charge >= 0.3 is 0 Å². The van der Waals surface area contributed by atoms with Gasteiger partial charge in [0.2, 0.25) is 5.91 Å². The highest BCUT2D eigenvalue weighted by atomic mass is 16.2. The lowest BCUT2D eigenvalue weighted by molar-refractivity contribution is -0.133. The number of rotatable bonds is 8. The predicted molar refractivity (Wildman–Crippen MR) is 108 cm³/mol. The van der Waals surface area contributed by atoms with E-state index in [1.807, 2.05) is 66.9 Å². The smallest absolute Gasteiger partial charge is 0.254 e. The van der Waals surface area contributed by atoms with Crippen LogP contribution in [0.5, 0.6) is 0 Å². The summed E-state index contributed by atoms with van der Waals surface area (Å²) in [5.74, 6) is 0.219. The number of benzene rings is 1. The maximum atomic E-state index is 13.1. The third-order valence-corrected chi connectivity index (χ3v) is 4.55. The van der Waals surface area contributed by atoms with Crippen molar-refractivity contribution in [2.45, 2.75) is 40.3 Å². The summed E-state index contributed by atoms with van der Waals surface area (Å²) in [5.41, 5.74) is 1.69. The lowest BCUT2D eigenvalue weighted by Gasteiger charge is -2.31. The number of carbonyl (C=O) groups is 2. The molecule has 5 heteroatoms. The maximum Gasteiger partial charge on any atom is 0.254 e. The minimum absolute atomic E-state index is 0.0251. The molecule has 2 amide bonds. The van der Waals surface area contributed by atoms with Crippen LogP contribution in [0, 0.1) is 5.92 Å². The lowest BCUT2D eigenvalue weighted by Crippen LogP contribution is -2.46. The summed E-state index contributed by atoms with van der Waals surface area (Å²) in [4.78, 5) is 29.5. The fourth-order valence-electron chi connectivity index (χ4n) is 3.03. The van der Waals surface area contributed by atoms with Crippen molar-refractivity contribution >= 4 is 11.8 Å². The van der Waals surface area contributed by atoms with E-state index < -0.39 is 0 Å². The number of amides is 2. The first-order valence-corrected chi connectivity index (χ1v) is 9.53. The minimum atomic E-state index is -0.109. The fourth-order valence-corrected chi connectivity index (χ4v) is 3.03. The molecule has 5 nitrogen and oxygen atoms in total. The van der Waals surface area contributed by atoms with E-state index in [1.165, 1.54) is 0 Å². The monoisotopic (exact) mass is 369 g/mol. The Bertz CT molecular complexity index is 750. The molecule has 2 rings (SSSR count). The maximum absolute atomic E-state index is 13.1. The van der Waals surface area contributed by atoms with Gasteiger partial charge in [0, 0.05) is 37.1 Å². The molecule has 0 radical (unpaired) electrons. The Kier molecular flexibility index (Phi) is 7.22. The van der Waals surface area contributed by atoms with Crippen LogP contribution in [0.4, 0.5) is 0 Å². The topological polar surface area (TPSA) is 45.6 Å². The van der Waals surface area contributed by atoms with E-state index in [1.54, 1.807) is 17.0 Å². The second-order valence-electron chi connectivity index (χ2n) is 7.67. The molecule has 0 saturated heterocycles. The van der Waals surface area contributed by atoms with Gasteiger partial charge in [0.1, 0.15) is 6.54 Å². The van der Waals surface area contributed by atoms with Gasteiger partial charge < -0.3 is 14.4 Å². The lowest BCUT2D eigenvalue weighted by atomic mass is 10.1. The summed E-state index contributed by atoms with van der Waals surface area (Å²) in [6, 6.07) is 13.1. The highest BCUT2D eigenvalue weighted by molar-refractivity contribution is 5.96. The van der Waals surface area contributed by atoms with Crippen LogP contribution in [-0.2, 0) is 18.4 Å². The molecular formula is C22H31N3O2. The Morgan fingerprint density at radius 2 is 1.67 bits per heavy atom. The van der Waals surface area contributed by atoms with Gasteiger partial charge in [-0.1, -0.05) is 32.0 Å². The van der Waals surface area contributed by atoms with E-state index in [0.29, 0.717) is 24.6 Å². The largest absolute Gasteiger partial charge is 0.353 e. The number of hydrogen-bond donors (Lipinski definition) is 0. The molecule has 1 heterocycles. The normalized spacial score (nSPS) is 11.1. The summed E-state index contributed by atoms with van der Waals surface area (Å²) >= 11 is 0. The van der Waals surface area contributed by atoms with Crippen molar-refractivity contribution in [2.24, 2.45) is 13.0 Å². The highest BCUT2D eigenvalue weighted by Crippen LogP contribution is 2.12. The average Bonchev–Trinajstić information content (AvgIpc) is 3.03. The zero-order valence-electron chi connectivity index (χ0n) is 17.1. The van der Waals surface area contributed by atoms with E-state index in [4.69, 9.17) is 0 Å². The molecule has 0 bridgehead atoms. The van der Waals surface area contributed by atoms with Crippen LogP contribution in [0.25, 0.3) is 0 Å². The number of nitrogens with zero attached hydrogens (tertiary/aromatic N) is 3. The first-order chi connectivity index (χ1) is 12.8. The third kappa shape index (κ3) is 5.71. The molecule has 0 aliphatic rings. The second-order valence-corrected chi connectivity index (χ2v) is 7.67. The SMILES string of the molecule is CC(C)CN(Cc1cccn1C)C(=O)CN(C(=O)c1ccccc1)C(C)C. The molecule has 27 heavy (non-hydrogen) atoms. The second kappa shape index (κ2) is 9.40. The van der Waals surface area contributed by atoms with Crippen LogP contribution in [0.2, 0.25) is 0 Å². The molecule has 146 valence electrons. The molecule has 0 unspecified atom stereocenters.